The molecule has 0 saturated heterocycles. The van der Waals surface area contributed by atoms with Crippen molar-refractivity contribution in [1.29, 1.82) is 0 Å². The first-order valence-electron chi connectivity index (χ1n) is 6.26. The number of carbonyl (C=O) groups excluding carboxylic acids is 1. The zero-order valence-electron chi connectivity index (χ0n) is 11.6. The van der Waals surface area contributed by atoms with Crippen LogP contribution < -0.4 is 11.1 Å². The van der Waals surface area contributed by atoms with Crippen molar-refractivity contribution < 1.29 is 13.9 Å². The van der Waals surface area contributed by atoms with Gasteiger partial charge in [-0.25, -0.2) is 9.18 Å². The van der Waals surface area contributed by atoms with E-state index in [0.29, 0.717) is 18.5 Å². The minimum atomic E-state index is -0.507. The molecule has 0 aliphatic carbocycles. The molecule has 0 saturated carbocycles. The number of ether oxygens (including phenoxy) is 1. The third-order valence-electron chi connectivity index (χ3n) is 2.41. The molecule has 3 N–H and O–H groups in total. The minimum absolute atomic E-state index is 0.166. The fraction of sp³-hybridized carbons (Fsp3) is 0.500. The van der Waals surface area contributed by atoms with Crippen LogP contribution in [-0.2, 0) is 17.7 Å². The van der Waals surface area contributed by atoms with Gasteiger partial charge in [-0.1, -0.05) is 12.1 Å². The molecule has 0 aromatic heterocycles. The summed E-state index contributed by atoms with van der Waals surface area (Å²) in [6.45, 7) is 6.02. The average molecular weight is 268 g/mol. The number of carbonyl (C=O) groups is 1. The molecule has 1 amide bonds. The Morgan fingerprint density at radius 1 is 1.42 bits per heavy atom. The van der Waals surface area contributed by atoms with Crippen molar-refractivity contribution in [2.75, 3.05) is 6.54 Å². The summed E-state index contributed by atoms with van der Waals surface area (Å²) in [5.41, 5.74) is 6.34. The molecule has 4 nitrogen and oxygen atoms in total. The molecule has 0 atom stereocenters. The van der Waals surface area contributed by atoms with Crippen LogP contribution in [0.2, 0.25) is 0 Å². The van der Waals surface area contributed by atoms with Crippen LogP contribution in [0.15, 0.2) is 18.2 Å². The Morgan fingerprint density at radius 3 is 2.68 bits per heavy atom. The topological polar surface area (TPSA) is 64.3 Å². The number of benzene rings is 1. The fourth-order valence-corrected chi connectivity index (χ4v) is 1.56. The van der Waals surface area contributed by atoms with Crippen LogP contribution >= 0.6 is 0 Å². The van der Waals surface area contributed by atoms with Crippen molar-refractivity contribution in [2.45, 2.75) is 39.3 Å². The standard InChI is InChI=1S/C14H21FN2O2/c1-14(2,3)19-13(18)17-7-6-10-4-5-12(15)11(8-10)9-16/h4-5,8H,6-7,9,16H2,1-3H3,(H,17,18). The summed E-state index contributed by atoms with van der Waals surface area (Å²) in [5.74, 6) is -0.300. The SMILES string of the molecule is CC(C)(C)OC(=O)NCCc1ccc(F)c(CN)c1. The van der Waals surface area contributed by atoms with E-state index in [1.54, 1.807) is 32.9 Å². The van der Waals surface area contributed by atoms with Crippen LogP contribution in [0.25, 0.3) is 0 Å². The van der Waals surface area contributed by atoms with Crippen LogP contribution in [0.3, 0.4) is 0 Å². The van der Waals surface area contributed by atoms with Crippen molar-refractivity contribution in [3.63, 3.8) is 0 Å². The molecule has 0 spiro atoms. The van der Waals surface area contributed by atoms with Crippen molar-refractivity contribution in [3.05, 3.63) is 35.1 Å². The highest BCUT2D eigenvalue weighted by Gasteiger charge is 2.15. The second-order valence-corrected chi connectivity index (χ2v) is 5.31. The van der Waals surface area contributed by atoms with E-state index in [-0.39, 0.29) is 12.4 Å². The molecular formula is C14H21FN2O2. The average Bonchev–Trinajstić information content (AvgIpc) is 2.29. The first-order chi connectivity index (χ1) is 8.81. The van der Waals surface area contributed by atoms with E-state index in [1.165, 1.54) is 6.07 Å². The zero-order valence-corrected chi connectivity index (χ0v) is 11.6. The van der Waals surface area contributed by atoms with Crippen LogP contribution in [0.4, 0.5) is 9.18 Å². The highest BCUT2D eigenvalue weighted by atomic mass is 19.1. The lowest BCUT2D eigenvalue weighted by Crippen LogP contribution is -2.33. The number of halogens is 1. The molecule has 0 bridgehead atoms. The number of hydrogen-bond acceptors (Lipinski definition) is 3. The summed E-state index contributed by atoms with van der Waals surface area (Å²) in [7, 11) is 0. The van der Waals surface area contributed by atoms with Crippen molar-refractivity contribution >= 4 is 6.09 Å². The number of nitrogens with two attached hydrogens (primary N) is 1. The minimum Gasteiger partial charge on any atom is -0.444 e. The van der Waals surface area contributed by atoms with E-state index in [9.17, 15) is 9.18 Å². The Labute approximate surface area is 113 Å². The molecule has 5 heteroatoms. The normalized spacial score (nSPS) is 11.2. The summed E-state index contributed by atoms with van der Waals surface area (Å²) >= 11 is 0. The summed E-state index contributed by atoms with van der Waals surface area (Å²) in [4.78, 5) is 11.4. The second-order valence-electron chi connectivity index (χ2n) is 5.31. The first kappa shape index (κ1) is 15.4. The van der Waals surface area contributed by atoms with Crippen LogP contribution in [0, 0.1) is 5.82 Å². The Kier molecular flexibility index (Phi) is 5.30. The van der Waals surface area contributed by atoms with Crippen molar-refractivity contribution in [2.24, 2.45) is 5.73 Å². The highest BCUT2D eigenvalue weighted by molar-refractivity contribution is 5.67. The predicted molar refractivity (Wildman–Crippen MR) is 72.2 cm³/mol. The maximum absolute atomic E-state index is 13.2. The van der Waals surface area contributed by atoms with E-state index >= 15 is 0 Å². The van der Waals surface area contributed by atoms with Gasteiger partial charge in [0.2, 0.25) is 0 Å². The van der Waals surface area contributed by atoms with Crippen molar-refractivity contribution in [3.8, 4) is 0 Å². The molecule has 0 unspecified atom stereocenters. The monoisotopic (exact) mass is 268 g/mol. The Bertz CT molecular complexity index is 442. The third kappa shape index (κ3) is 5.70. The summed E-state index contributed by atoms with van der Waals surface area (Å²) in [6.07, 6.45) is 0.153. The Morgan fingerprint density at radius 2 is 2.11 bits per heavy atom. The maximum atomic E-state index is 13.2. The molecule has 0 aliphatic heterocycles. The molecule has 1 aromatic rings. The zero-order chi connectivity index (χ0) is 14.5. The van der Waals surface area contributed by atoms with Gasteiger partial charge in [-0.3, -0.25) is 0 Å². The second kappa shape index (κ2) is 6.52. The van der Waals surface area contributed by atoms with Gasteiger partial charge in [-0.2, -0.15) is 0 Å². The highest BCUT2D eigenvalue weighted by Crippen LogP contribution is 2.10. The smallest absolute Gasteiger partial charge is 0.407 e. The molecule has 1 aromatic carbocycles. The van der Waals surface area contributed by atoms with Gasteiger partial charge in [0, 0.05) is 18.7 Å². The van der Waals surface area contributed by atoms with Crippen LogP contribution in [-0.4, -0.2) is 18.2 Å². The summed E-state index contributed by atoms with van der Waals surface area (Å²) in [5, 5.41) is 2.65. The maximum Gasteiger partial charge on any atom is 0.407 e. The number of hydrogen-bond donors (Lipinski definition) is 2. The van der Waals surface area contributed by atoms with E-state index in [4.69, 9.17) is 10.5 Å². The summed E-state index contributed by atoms with van der Waals surface area (Å²) in [6, 6.07) is 4.79. The van der Waals surface area contributed by atoms with Gasteiger partial charge in [0.15, 0.2) is 0 Å². The molecule has 0 aliphatic rings. The molecule has 106 valence electrons. The molecule has 0 fully saturated rings. The van der Waals surface area contributed by atoms with Crippen LogP contribution in [0.1, 0.15) is 31.9 Å². The quantitative estimate of drug-likeness (QED) is 0.881. The number of rotatable bonds is 4. The molecule has 0 heterocycles. The van der Waals surface area contributed by atoms with Gasteiger partial charge in [0.25, 0.3) is 0 Å². The molecule has 19 heavy (non-hydrogen) atoms. The largest absolute Gasteiger partial charge is 0.444 e. The molecule has 1 rings (SSSR count). The van der Waals surface area contributed by atoms with Gasteiger partial charge < -0.3 is 15.8 Å². The number of alkyl carbamates (subject to hydrolysis) is 1. The summed E-state index contributed by atoms with van der Waals surface area (Å²) < 4.78 is 18.3. The van der Waals surface area contributed by atoms with Gasteiger partial charge in [-0.15, -0.1) is 0 Å². The Balaban J connectivity index is 2.43. The molecule has 0 radical (unpaired) electrons. The van der Waals surface area contributed by atoms with E-state index in [0.717, 1.165) is 5.56 Å². The fourth-order valence-electron chi connectivity index (χ4n) is 1.56. The van der Waals surface area contributed by atoms with E-state index in [2.05, 4.69) is 5.32 Å². The number of nitrogens with one attached hydrogen (secondary N) is 1. The molecular weight excluding hydrogens is 247 g/mol. The Hall–Kier alpha value is -1.62. The first-order valence-corrected chi connectivity index (χ1v) is 6.26. The van der Waals surface area contributed by atoms with Gasteiger partial charge in [0.1, 0.15) is 11.4 Å². The van der Waals surface area contributed by atoms with Crippen LogP contribution in [0.5, 0.6) is 0 Å². The van der Waals surface area contributed by atoms with Gasteiger partial charge in [-0.05, 0) is 38.8 Å². The van der Waals surface area contributed by atoms with Crippen molar-refractivity contribution in [1.82, 2.24) is 5.32 Å². The van der Waals surface area contributed by atoms with E-state index < -0.39 is 11.7 Å². The lowest BCUT2D eigenvalue weighted by molar-refractivity contribution is 0.0528. The van der Waals surface area contributed by atoms with E-state index in [1.807, 2.05) is 0 Å². The lowest BCUT2D eigenvalue weighted by atomic mass is 10.1. The third-order valence-corrected chi connectivity index (χ3v) is 2.41. The van der Waals surface area contributed by atoms with Gasteiger partial charge in [0.05, 0.1) is 0 Å². The predicted octanol–water partition coefficient (Wildman–Crippen LogP) is 2.35. The number of amides is 1. The van der Waals surface area contributed by atoms with Gasteiger partial charge >= 0.3 is 6.09 Å². The lowest BCUT2D eigenvalue weighted by Gasteiger charge is -2.19.